The van der Waals surface area contributed by atoms with Gasteiger partial charge in [0.25, 0.3) is 8.32 Å². The molecule has 0 aromatic heterocycles. The highest BCUT2D eigenvalue weighted by Crippen LogP contribution is 2.37. The number of esters is 1. The number of rotatable bonds is 10. The fourth-order valence-electron chi connectivity index (χ4n) is 4.13. The van der Waals surface area contributed by atoms with E-state index in [0.29, 0.717) is 19.1 Å². The molecule has 0 spiro atoms. The highest BCUT2D eigenvalue weighted by Gasteiger charge is 2.49. The van der Waals surface area contributed by atoms with Crippen LogP contribution in [0.1, 0.15) is 33.6 Å². The number of carbonyl (C=O) groups is 1. The molecule has 1 aliphatic carbocycles. The largest absolute Gasteiger partial charge is 0.462 e. The van der Waals surface area contributed by atoms with E-state index in [4.69, 9.17) is 9.16 Å². The molecule has 0 heterocycles. The second-order valence-corrected chi connectivity index (χ2v) is 13.1. The van der Waals surface area contributed by atoms with E-state index in [9.17, 15) is 4.79 Å². The molecule has 0 saturated carbocycles. The molecule has 2 aromatic rings. The monoisotopic (exact) mass is 420 g/mol. The SMILES string of the molecule is C=CC(=O)OCC1C=C1CCCO[Si](c1ccccc1)(c1ccccc1)C(C)(C)C. The third-order valence-corrected chi connectivity index (χ3v) is 10.7. The average Bonchev–Trinajstić information content (AvgIpc) is 3.50. The molecule has 3 nitrogen and oxygen atoms in total. The van der Waals surface area contributed by atoms with E-state index in [1.807, 2.05) is 0 Å². The van der Waals surface area contributed by atoms with Crippen molar-refractivity contribution in [2.45, 2.75) is 38.7 Å². The summed E-state index contributed by atoms with van der Waals surface area (Å²) in [6.45, 7) is 11.5. The number of hydrogen-bond donors (Lipinski definition) is 0. The lowest BCUT2D eigenvalue weighted by Gasteiger charge is -2.43. The summed E-state index contributed by atoms with van der Waals surface area (Å²) < 4.78 is 12.0. The maximum Gasteiger partial charge on any atom is 0.330 e. The van der Waals surface area contributed by atoms with Crippen molar-refractivity contribution in [3.63, 3.8) is 0 Å². The number of benzene rings is 2. The summed E-state index contributed by atoms with van der Waals surface area (Å²) in [5.41, 5.74) is 1.36. The van der Waals surface area contributed by atoms with Crippen LogP contribution in [0.2, 0.25) is 5.04 Å². The molecule has 0 amide bonds. The van der Waals surface area contributed by atoms with Crippen LogP contribution in [-0.4, -0.2) is 27.5 Å². The third kappa shape index (κ3) is 5.00. The van der Waals surface area contributed by atoms with E-state index in [0.717, 1.165) is 12.8 Å². The van der Waals surface area contributed by atoms with Crippen molar-refractivity contribution in [1.29, 1.82) is 0 Å². The molecule has 1 aliphatic rings. The summed E-state index contributed by atoms with van der Waals surface area (Å²) in [4.78, 5) is 11.2. The van der Waals surface area contributed by atoms with E-state index in [2.05, 4.69) is 94.1 Å². The summed E-state index contributed by atoms with van der Waals surface area (Å²) in [5.74, 6) is -0.0635. The molecular weight excluding hydrogens is 388 g/mol. The second-order valence-electron chi connectivity index (χ2n) is 8.80. The number of carbonyl (C=O) groups excluding carboxylic acids is 1. The van der Waals surface area contributed by atoms with Gasteiger partial charge in [0.2, 0.25) is 0 Å². The van der Waals surface area contributed by atoms with Gasteiger partial charge in [-0.2, -0.15) is 0 Å². The molecule has 1 unspecified atom stereocenters. The molecule has 30 heavy (non-hydrogen) atoms. The fourth-order valence-corrected chi connectivity index (χ4v) is 8.73. The van der Waals surface area contributed by atoms with Crippen LogP contribution >= 0.6 is 0 Å². The maximum absolute atomic E-state index is 11.2. The minimum absolute atomic E-state index is 0.00399. The van der Waals surface area contributed by atoms with Crippen LogP contribution in [0.4, 0.5) is 0 Å². The van der Waals surface area contributed by atoms with Gasteiger partial charge in [-0.25, -0.2) is 4.79 Å². The molecule has 2 aromatic carbocycles. The summed E-state index contributed by atoms with van der Waals surface area (Å²) >= 11 is 0. The molecule has 0 N–H and O–H groups in total. The van der Waals surface area contributed by atoms with Gasteiger partial charge in [-0.1, -0.05) is 99.7 Å². The molecule has 158 valence electrons. The highest BCUT2D eigenvalue weighted by molar-refractivity contribution is 6.99. The smallest absolute Gasteiger partial charge is 0.330 e. The van der Waals surface area contributed by atoms with Crippen LogP contribution in [0, 0.1) is 5.92 Å². The molecule has 0 radical (unpaired) electrons. The van der Waals surface area contributed by atoms with Crippen molar-refractivity contribution in [3.05, 3.63) is 85.0 Å². The minimum Gasteiger partial charge on any atom is -0.462 e. The molecular formula is C26H32O3Si. The van der Waals surface area contributed by atoms with Gasteiger partial charge in [-0.3, -0.25) is 0 Å². The Kier molecular flexibility index (Phi) is 7.11. The van der Waals surface area contributed by atoms with E-state index < -0.39 is 8.32 Å². The minimum atomic E-state index is -2.45. The highest BCUT2D eigenvalue weighted by atomic mass is 28.4. The molecule has 0 fully saturated rings. The lowest BCUT2D eigenvalue weighted by molar-refractivity contribution is -0.138. The van der Waals surface area contributed by atoms with Crippen LogP contribution in [0.3, 0.4) is 0 Å². The standard InChI is InChI=1S/C26H32O3Si/c1-5-25(27)28-20-22-19-21(22)13-12-18-29-30(26(2,3)4,23-14-8-6-9-15-23)24-16-10-7-11-17-24/h5-11,14-17,19,22H,1,12-13,18,20H2,2-4H3. The Morgan fingerprint density at radius 2 is 1.60 bits per heavy atom. The Bertz CT molecular complexity index is 842. The Hall–Kier alpha value is -2.43. The zero-order valence-corrected chi connectivity index (χ0v) is 19.3. The first kappa shape index (κ1) is 22.3. The number of ether oxygens (including phenoxy) is 1. The predicted molar refractivity (Wildman–Crippen MR) is 126 cm³/mol. The van der Waals surface area contributed by atoms with E-state index in [1.54, 1.807) is 0 Å². The van der Waals surface area contributed by atoms with Gasteiger partial charge in [0.05, 0.1) is 0 Å². The quantitative estimate of drug-likeness (QED) is 0.185. The molecule has 0 aliphatic heterocycles. The topological polar surface area (TPSA) is 35.5 Å². The van der Waals surface area contributed by atoms with Crippen molar-refractivity contribution < 1.29 is 14.0 Å². The normalized spacial score (nSPS) is 16.0. The van der Waals surface area contributed by atoms with Crippen LogP contribution < -0.4 is 10.4 Å². The first-order chi connectivity index (χ1) is 14.4. The van der Waals surface area contributed by atoms with Crippen molar-refractivity contribution in [2.75, 3.05) is 13.2 Å². The van der Waals surface area contributed by atoms with Gasteiger partial charge in [0.1, 0.15) is 6.61 Å². The molecule has 1 atom stereocenters. The molecule has 0 saturated heterocycles. The van der Waals surface area contributed by atoms with E-state index in [-0.39, 0.29) is 11.0 Å². The van der Waals surface area contributed by atoms with Crippen molar-refractivity contribution in [1.82, 2.24) is 0 Å². The van der Waals surface area contributed by atoms with Crippen LogP contribution in [0.5, 0.6) is 0 Å². The number of hydrogen-bond acceptors (Lipinski definition) is 3. The Balaban J connectivity index is 1.68. The Morgan fingerprint density at radius 1 is 1.03 bits per heavy atom. The molecule has 4 heteroatoms. The summed E-state index contributed by atoms with van der Waals surface area (Å²) in [5, 5.41) is 2.61. The van der Waals surface area contributed by atoms with Gasteiger partial charge in [-0.05, 0) is 28.3 Å². The summed E-state index contributed by atoms with van der Waals surface area (Å²) in [7, 11) is -2.45. The van der Waals surface area contributed by atoms with E-state index in [1.165, 1.54) is 22.0 Å². The summed E-state index contributed by atoms with van der Waals surface area (Å²) in [6, 6.07) is 21.5. The van der Waals surface area contributed by atoms with E-state index >= 15 is 0 Å². The van der Waals surface area contributed by atoms with Crippen molar-refractivity contribution in [3.8, 4) is 0 Å². The van der Waals surface area contributed by atoms with Crippen LogP contribution in [0.25, 0.3) is 0 Å². The molecule has 3 rings (SSSR count). The lowest BCUT2D eigenvalue weighted by atomic mass is 10.2. The maximum atomic E-state index is 11.2. The summed E-state index contributed by atoms with van der Waals surface area (Å²) in [6.07, 6.45) is 5.33. The zero-order chi connectivity index (χ0) is 21.6. The average molecular weight is 421 g/mol. The predicted octanol–water partition coefficient (Wildman–Crippen LogP) is 4.63. The first-order valence-corrected chi connectivity index (χ1v) is 12.5. The van der Waals surface area contributed by atoms with Crippen molar-refractivity contribution >= 4 is 24.7 Å². The van der Waals surface area contributed by atoms with Gasteiger partial charge < -0.3 is 9.16 Å². The van der Waals surface area contributed by atoms with Crippen molar-refractivity contribution in [2.24, 2.45) is 5.92 Å². The fraction of sp³-hybridized carbons (Fsp3) is 0.346. The Morgan fingerprint density at radius 3 is 2.10 bits per heavy atom. The van der Waals surface area contributed by atoms with Gasteiger partial charge in [-0.15, -0.1) is 0 Å². The lowest BCUT2D eigenvalue weighted by Crippen LogP contribution is -2.66. The molecule has 0 bridgehead atoms. The first-order valence-electron chi connectivity index (χ1n) is 10.6. The second kappa shape index (κ2) is 9.58. The zero-order valence-electron chi connectivity index (χ0n) is 18.3. The van der Waals surface area contributed by atoms with Crippen LogP contribution in [-0.2, 0) is 14.0 Å². The van der Waals surface area contributed by atoms with Gasteiger partial charge in [0, 0.05) is 18.6 Å². The van der Waals surface area contributed by atoms with Gasteiger partial charge >= 0.3 is 5.97 Å². The van der Waals surface area contributed by atoms with Crippen LogP contribution in [0.15, 0.2) is 85.0 Å². The third-order valence-electron chi connectivity index (χ3n) is 5.70. The van der Waals surface area contributed by atoms with Gasteiger partial charge in [0.15, 0.2) is 0 Å². The Labute approximate surface area is 181 Å².